The molecule has 15 aromatic rings. The summed E-state index contributed by atoms with van der Waals surface area (Å²) in [6.07, 6.45) is 43.1. The minimum Gasteiger partial charge on any atom is -1.00 e. The quantitative estimate of drug-likeness (QED) is 0.00995. The van der Waals surface area contributed by atoms with Crippen LogP contribution in [0.1, 0.15) is 242 Å². The number of halogens is 4. The van der Waals surface area contributed by atoms with E-state index >= 15 is 0 Å². The normalized spacial score (nSPS) is 14.7. The van der Waals surface area contributed by atoms with E-state index in [0.717, 1.165) is 97.7 Å². The van der Waals surface area contributed by atoms with Gasteiger partial charge in [-0.05, 0) is 178 Å². The van der Waals surface area contributed by atoms with Gasteiger partial charge in [0.2, 0.25) is 9.23 Å². The fraction of sp³-hybridized carbons (Fsp3) is 0.382. The smallest absolute Gasteiger partial charge is 1.00 e. The second-order valence-electron chi connectivity index (χ2n) is 28.7. The summed E-state index contributed by atoms with van der Waals surface area (Å²) in [7, 11) is 7.36. The van der Waals surface area contributed by atoms with Gasteiger partial charge < -0.3 is 68.3 Å². The van der Waals surface area contributed by atoms with Gasteiger partial charge in [-0.2, -0.15) is 0 Å². The average molecular weight is 1760 g/mol. The fourth-order valence-electron chi connectivity index (χ4n) is 12.7. The van der Waals surface area contributed by atoms with Crippen LogP contribution in [0.5, 0.6) is 0 Å². The first-order valence-electron chi connectivity index (χ1n) is 36.9. The maximum absolute atomic E-state index is 10.6. The Hall–Kier alpha value is -9.37. The third-order valence-electron chi connectivity index (χ3n) is 19.3. The van der Waals surface area contributed by atoms with E-state index in [2.05, 4.69) is 234 Å². The van der Waals surface area contributed by atoms with Crippen molar-refractivity contribution in [1.29, 1.82) is 0 Å². The summed E-state index contributed by atoms with van der Waals surface area (Å²) in [6.45, 7) is 10.1. The molecule has 35 nitrogen and oxygen atoms in total. The molecule has 0 amide bonds. The maximum atomic E-state index is 10.6. The number of carbonyl (C=O) groups is 1. The number of pyridine rings is 5. The van der Waals surface area contributed by atoms with Gasteiger partial charge in [0.25, 0.3) is 0 Å². The molecule has 3 N–H and O–H groups in total. The molecule has 5 aliphatic carbocycles. The molecule has 5 aliphatic rings. The molecular formula is C76H87BrCl3MgN32NaO3S. The summed E-state index contributed by atoms with van der Waals surface area (Å²) in [5, 5.41) is 53.0. The van der Waals surface area contributed by atoms with Crippen LogP contribution < -0.4 is 52.3 Å². The first kappa shape index (κ1) is 92.5. The molecule has 5 saturated carbocycles. The summed E-state index contributed by atoms with van der Waals surface area (Å²) in [4.78, 5) is 37.9. The number of hydrogen-bond donors (Lipinski definition) is 2. The number of carbonyl (C=O) groups excluding carboxylic acids is 1. The Morgan fingerprint density at radius 1 is 0.466 bits per heavy atom. The van der Waals surface area contributed by atoms with Crippen LogP contribution in [0.25, 0.3) is 54.7 Å². The first-order valence-corrected chi connectivity index (χ1v) is 40.2. The van der Waals surface area contributed by atoms with E-state index in [-0.39, 0.29) is 102 Å². The number of nitrogens with two attached hydrogens (primary N) is 1. The van der Waals surface area contributed by atoms with Gasteiger partial charge >= 0.3 is 52.6 Å². The Balaban J connectivity index is 0.000000163. The molecular weight excluding hydrogens is 1670 g/mol. The molecule has 0 bridgehead atoms. The predicted octanol–water partition coefficient (Wildman–Crippen LogP) is 8.44. The van der Waals surface area contributed by atoms with Gasteiger partial charge in [0, 0.05) is 100 Å². The molecule has 0 aliphatic heterocycles. The molecule has 4 unspecified atom stereocenters. The number of rotatable bonds is 21. The summed E-state index contributed by atoms with van der Waals surface area (Å²) < 4.78 is 28.1. The minimum atomic E-state index is -1.67. The third kappa shape index (κ3) is 25.4. The standard InChI is InChI=1S/C15H16ClN5.C15H16N8.C15H18N6.C15H17N5O.C14H13N5O.CH4.CH3.BrH.Cl2OS.Mg.N3.Na/c1-10(16)14-9-21(19-18-14)8-13-7-20-6-12(11-2-3-11)4-5-15(20)17-13;1-10(18-20-16)14-9-23(21-19-14)8-13-7-22-6-12(11-2-3-11)4-5-15(22)17-13;1-10(16)14-9-21(19-18-14)8-13-7-20-6-12(11-2-3-11)4-5-15(20)17-13;1-10(21)14-9-20(18-17-14)8-13-7-19-6-12(11-2-3-11)4-5-15(19)16-13;20-9-13-8-19(17-16-13)7-12-6-18-5-11(10-1-2-10)3-4-14(18)15-12;;;;1-4(2)3;;1-3-2;/h4-7,9-11H,2-3,8H2,1H3;4-7,9-11H,2-3,8H2,1H3;4-7,9-11H,2-3,8,16H2,1H3;4-7,9-11,21H,2-3,8H2,1H3;3-6,8-10H,1-2,7H2;1H4;1H3;1H;;;;/q;;;;;;-1;;;+2;-1;+1/p-1. The van der Waals surface area contributed by atoms with Crippen LogP contribution in [0.2, 0.25) is 0 Å². The van der Waals surface area contributed by atoms with Crippen LogP contribution in [0, 0.1) is 7.43 Å². The van der Waals surface area contributed by atoms with Crippen molar-refractivity contribution in [2.45, 2.75) is 185 Å². The van der Waals surface area contributed by atoms with Crippen LogP contribution in [0.15, 0.2) is 159 Å². The van der Waals surface area contributed by atoms with E-state index in [1.165, 1.54) is 96.9 Å². The summed E-state index contributed by atoms with van der Waals surface area (Å²) in [6, 6.07) is 20.8. The number of aldehydes is 1. The molecule has 0 spiro atoms. The van der Waals surface area contributed by atoms with E-state index in [4.69, 9.17) is 38.1 Å². The fourth-order valence-corrected chi connectivity index (χ4v) is 12.8. The van der Waals surface area contributed by atoms with Crippen LogP contribution in [-0.4, -0.2) is 161 Å². The van der Waals surface area contributed by atoms with E-state index < -0.39 is 15.3 Å². The number of hydrogen-bond acceptors (Lipinski definition) is 20. The molecule has 20 rings (SSSR count). The van der Waals surface area contributed by atoms with Crippen molar-refractivity contribution < 1.29 is 60.6 Å². The van der Waals surface area contributed by atoms with Crippen molar-refractivity contribution in [1.82, 2.24) is 122 Å². The van der Waals surface area contributed by atoms with Crippen molar-refractivity contribution in [3.63, 3.8) is 0 Å². The van der Waals surface area contributed by atoms with Crippen molar-refractivity contribution in [3.8, 4) is 0 Å². The van der Waals surface area contributed by atoms with Crippen molar-refractivity contribution in [2.75, 3.05) is 0 Å². The van der Waals surface area contributed by atoms with Crippen LogP contribution >= 0.6 is 33.0 Å². The van der Waals surface area contributed by atoms with Crippen molar-refractivity contribution in [2.24, 2.45) is 10.8 Å². The number of alkyl halides is 1. The molecule has 5 fully saturated rings. The van der Waals surface area contributed by atoms with Gasteiger partial charge in [-0.1, -0.05) is 75.9 Å². The van der Waals surface area contributed by atoms with Crippen LogP contribution in [-0.2, 0) is 42.0 Å². The Labute approximate surface area is 744 Å². The third-order valence-corrected chi connectivity index (χ3v) is 19.6. The summed E-state index contributed by atoms with van der Waals surface area (Å²) >= 11 is 6.00. The average Bonchev–Trinajstić information content (AvgIpc) is 1.67. The first-order chi connectivity index (χ1) is 54.7. The zero-order valence-electron chi connectivity index (χ0n) is 65.1. The number of fused-ring (bicyclic) bond motifs is 5. The Kier molecular flexibility index (Phi) is 33.3. The minimum absolute atomic E-state index is 0. The van der Waals surface area contributed by atoms with Crippen molar-refractivity contribution in [3.05, 3.63) is 272 Å². The van der Waals surface area contributed by atoms with Crippen LogP contribution in [0.4, 0.5) is 0 Å². The van der Waals surface area contributed by atoms with E-state index in [1.807, 2.05) is 44.8 Å². The van der Waals surface area contributed by atoms with Crippen molar-refractivity contribution >= 4 is 99.8 Å². The van der Waals surface area contributed by atoms with Gasteiger partial charge in [0.05, 0.1) is 115 Å². The predicted molar refractivity (Wildman–Crippen MR) is 441 cm³/mol. The SMILES string of the molecule is C.CC(Cl)c1cn(Cc2cn3cc(C4CC4)ccc3n2)nn1.CC(N)c1cn(Cc2cn3cc(C4CC4)ccc3n2)nn1.CC(N=[N+]=[N-])c1cn(Cc2cn3cc(C4CC4)ccc3n2)nn1.CC(O)c1cn(Cc2cn3cc(C4CC4)ccc3n2)nn1.O=Cc1cn(Cc2cn3cc(C4CC4)ccc3n2)nn1.O=S(Cl)Cl.[Br-].[CH3-].[Mg+2].[N-]=[N+]=[N-].[Na+]. The van der Waals surface area contributed by atoms with Gasteiger partial charge in [-0.3, -0.25) is 9.71 Å². The number of aromatic nitrogens is 25. The second-order valence-corrected chi connectivity index (χ2v) is 31.9. The summed E-state index contributed by atoms with van der Waals surface area (Å²) in [5.41, 5.74) is 47.4. The molecule has 4 atom stereocenters. The molecule has 0 saturated heterocycles. The van der Waals surface area contributed by atoms with E-state index in [0.29, 0.717) is 56.1 Å². The summed E-state index contributed by atoms with van der Waals surface area (Å²) in [5.74, 6) is 3.71. The number of aliphatic hydroxyl groups is 1. The number of nitrogens with zero attached hydrogens (tertiary/aromatic N) is 31. The largest absolute Gasteiger partial charge is 2.00 e. The van der Waals surface area contributed by atoms with Crippen LogP contribution in [0.3, 0.4) is 0 Å². The second kappa shape index (κ2) is 42.5. The molecule has 606 valence electrons. The molecule has 15 heterocycles. The van der Waals surface area contributed by atoms with Gasteiger partial charge in [-0.15, -0.1) is 37.1 Å². The number of azide groups is 1. The molecule has 15 aromatic heterocycles. The molecule has 42 heteroatoms. The topological polar surface area (TPSA) is 428 Å². The molecule has 118 heavy (non-hydrogen) atoms. The zero-order valence-corrected chi connectivity index (χ0v) is 73.2. The van der Waals surface area contributed by atoms with Gasteiger partial charge in [0.1, 0.15) is 45.3 Å². The number of imidazole rings is 5. The van der Waals surface area contributed by atoms with Gasteiger partial charge in [0.15, 0.2) is 6.29 Å². The van der Waals surface area contributed by atoms with Gasteiger partial charge in [-0.25, -0.2) is 52.5 Å². The zero-order chi connectivity index (χ0) is 78.8. The van der Waals surface area contributed by atoms with E-state index in [9.17, 15) is 9.90 Å². The Bertz CT molecular complexity index is 5590. The molecule has 0 aromatic carbocycles. The Morgan fingerprint density at radius 3 is 0.958 bits per heavy atom. The Morgan fingerprint density at radius 2 is 0.720 bits per heavy atom. The monoisotopic (exact) mass is 1760 g/mol. The van der Waals surface area contributed by atoms with E-state index in [1.54, 1.807) is 55.8 Å². The number of aliphatic hydroxyl groups excluding tert-OH is 1. The molecule has 0 radical (unpaired) electrons. The maximum Gasteiger partial charge on any atom is 2.00 e.